The van der Waals surface area contributed by atoms with Gasteiger partial charge in [-0.3, -0.25) is 4.79 Å². The highest BCUT2D eigenvalue weighted by molar-refractivity contribution is 9.10. The van der Waals surface area contributed by atoms with E-state index in [0.29, 0.717) is 11.4 Å². The van der Waals surface area contributed by atoms with Crippen molar-refractivity contribution in [3.8, 4) is 5.75 Å². The fourth-order valence-electron chi connectivity index (χ4n) is 2.96. The molecule has 2 aromatic rings. The maximum absolute atomic E-state index is 13.9. The van der Waals surface area contributed by atoms with Crippen LogP contribution in [-0.4, -0.2) is 42.6 Å². The number of carbonyl (C=O) groups is 1. The number of hydrogen-bond acceptors (Lipinski definition) is 6. The fourth-order valence-corrected chi connectivity index (χ4v) is 3.31. The minimum atomic E-state index is -0.760. The molecule has 0 fully saturated rings. The number of amides is 1. The molecule has 1 aliphatic rings. The number of anilines is 2. The second-order valence-electron chi connectivity index (χ2n) is 6.84. The van der Waals surface area contributed by atoms with Crippen LogP contribution in [0.15, 0.2) is 40.6 Å². The third kappa shape index (κ3) is 4.58. The lowest BCUT2D eigenvalue weighted by atomic mass is 10.2. The predicted octanol–water partition coefficient (Wildman–Crippen LogP) is 3.15. The molecule has 9 heteroatoms. The van der Waals surface area contributed by atoms with Crippen LogP contribution in [0.1, 0.15) is 24.3 Å². The van der Waals surface area contributed by atoms with Gasteiger partial charge in [-0.1, -0.05) is 15.9 Å². The number of aromatic nitrogens is 1. The highest BCUT2D eigenvalue weighted by Crippen LogP contribution is 2.35. The molecule has 29 heavy (non-hydrogen) atoms. The molecule has 0 bridgehead atoms. The number of nitrogens with one attached hydrogen (secondary N) is 2. The minimum absolute atomic E-state index is 0.0193. The van der Waals surface area contributed by atoms with E-state index in [2.05, 4.69) is 31.5 Å². The monoisotopic (exact) mass is 462 g/mol. The van der Waals surface area contributed by atoms with Crippen LogP contribution >= 0.6 is 15.9 Å². The van der Waals surface area contributed by atoms with E-state index in [-0.39, 0.29) is 29.7 Å². The predicted molar refractivity (Wildman–Crippen MR) is 111 cm³/mol. The average molecular weight is 463 g/mol. The normalized spacial score (nSPS) is 15.9. The van der Waals surface area contributed by atoms with Gasteiger partial charge < -0.3 is 20.3 Å². The van der Waals surface area contributed by atoms with Crippen LogP contribution in [0, 0.1) is 5.82 Å². The van der Waals surface area contributed by atoms with Crippen LogP contribution in [0.3, 0.4) is 0 Å². The Kier molecular flexibility index (Phi) is 6.20. The zero-order valence-corrected chi connectivity index (χ0v) is 17.7. The van der Waals surface area contributed by atoms with E-state index in [0.717, 1.165) is 10.7 Å². The molecule has 3 rings (SSSR count). The lowest BCUT2D eigenvalue weighted by Crippen LogP contribution is -2.44. The SMILES string of the molecule is CC(C)Nc1cc(C(=O)NC2COc3ccc(Br)cc3N(C)C2=C=O)ncc1F. The number of carbonyl (C=O) groups excluding carboxylic acids is 2. The van der Waals surface area contributed by atoms with Crippen molar-refractivity contribution in [1.29, 1.82) is 0 Å². The third-order valence-corrected chi connectivity index (χ3v) is 4.81. The van der Waals surface area contributed by atoms with Gasteiger partial charge in [-0.2, -0.15) is 0 Å². The van der Waals surface area contributed by atoms with Gasteiger partial charge in [0.15, 0.2) is 5.82 Å². The quantitative estimate of drug-likeness (QED) is 0.679. The van der Waals surface area contributed by atoms with Crippen LogP contribution in [0.5, 0.6) is 5.75 Å². The zero-order valence-electron chi connectivity index (χ0n) is 16.1. The van der Waals surface area contributed by atoms with Gasteiger partial charge in [0.25, 0.3) is 5.91 Å². The molecule has 2 N–H and O–H groups in total. The molecule has 2 heterocycles. The van der Waals surface area contributed by atoms with E-state index in [1.165, 1.54) is 6.07 Å². The van der Waals surface area contributed by atoms with Gasteiger partial charge in [0, 0.05) is 17.6 Å². The van der Waals surface area contributed by atoms with E-state index in [4.69, 9.17) is 4.74 Å². The second kappa shape index (κ2) is 8.63. The summed E-state index contributed by atoms with van der Waals surface area (Å²) in [5, 5.41) is 5.65. The summed E-state index contributed by atoms with van der Waals surface area (Å²) in [6.45, 7) is 3.75. The summed E-state index contributed by atoms with van der Waals surface area (Å²) < 4.78 is 20.5. The molecule has 7 nitrogen and oxygen atoms in total. The van der Waals surface area contributed by atoms with Crippen molar-refractivity contribution in [2.75, 3.05) is 23.9 Å². The first kappa shape index (κ1) is 20.8. The molecule has 0 saturated carbocycles. The summed E-state index contributed by atoms with van der Waals surface area (Å²) in [5.41, 5.74) is 1.07. The van der Waals surface area contributed by atoms with E-state index >= 15 is 0 Å². The Balaban J connectivity index is 1.84. The number of fused-ring (bicyclic) bond motifs is 1. The fraction of sp³-hybridized carbons (Fsp3) is 0.300. The van der Waals surface area contributed by atoms with Crippen molar-refractivity contribution >= 4 is 39.2 Å². The Hall–Kier alpha value is -2.90. The molecule has 0 spiro atoms. The van der Waals surface area contributed by atoms with Gasteiger partial charge in [-0.15, -0.1) is 0 Å². The van der Waals surface area contributed by atoms with Gasteiger partial charge in [0.1, 0.15) is 35.7 Å². The Labute approximate surface area is 176 Å². The Morgan fingerprint density at radius 3 is 2.86 bits per heavy atom. The Morgan fingerprint density at radius 1 is 1.41 bits per heavy atom. The minimum Gasteiger partial charge on any atom is -0.489 e. The highest BCUT2D eigenvalue weighted by Gasteiger charge is 2.29. The van der Waals surface area contributed by atoms with Crippen LogP contribution in [0.25, 0.3) is 0 Å². The standard InChI is InChI=1S/C20H20BrFN4O3/c1-11(2)24-14-7-15(23-8-13(14)22)20(28)25-16-10-29-19-5-4-12(21)6-17(19)26(3)18(16)9-27/h4-8,11,16H,10H2,1-3H3,(H,23,24)(H,25,28). The molecular weight excluding hydrogens is 443 g/mol. The lowest BCUT2D eigenvalue weighted by Gasteiger charge is -2.23. The smallest absolute Gasteiger partial charge is 0.270 e. The Bertz CT molecular complexity index is 992. The summed E-state index contributed by atoms with van der Waals surface area (Å²) in [6, 6.07) is 5.96. The molecule has 1 aromatic heterocycles. The van der Waals surface area contributed by atoms with Crippen molar-refractivity contribution in [3.63, 3.8) is 0 Å². The molecule has 1 amide bonds. The topological polar surface area (TPSA) is 83.6 Å². The number of halogens is 2. The van der Waals surface area contributed by atoms with Crippen molar-refractivity contribution in [3.05, 3.63) is 52.1 Å². The number of hydrogen-bond donors (Lipinski definition) is 2. The molecule has 1 atom stereocenters. The first-order chi connectivity index (χ1) is 13.8. The number of nitrogens with zero attached hydrogens (tertiary/aromatic N) is 2. The van der Waals surface area contributed by atoms with Crippen LogP contribution in [0.2, 0.25) is 0 Å². The molecule has 1 aromatic carbocycles. The Morgan fingerprint density at radius 2 is 2.17 bits per heavy atom. The first-order valence-electron chi connectivity index (χ1n) is 8.94. The van der Waals surface area contributed by atoms with Crippen LogP contribution in [0.4, 0.5) is 15.8 Å². The lowest BCUT2D eigenvalue weighted by molar-refractivity contribution is 0.0926. The molecule has 0 saturated heterocycles. The molecule has 0 radical (unpaired) electrons. The number of likely N-dealkylation sites (N-methyl/N-ethyl adjacent to an activating group) is 1. The molecule has 152 valence electrons. The van der Waals surface area contributed by atoms with Gasteiger partial charge in [0.2, 0.25) is 0 Å². The maximum Gasteiger partial charge on any atom is 0.270 e. The highest BCUT2D eigenvalue weighted by atomic mass is 79.9. The summed E-state index contributed by atoms with van der Waals surface area (Å²) in [5.74, 6) is 1.36. The molecule has 1 aliphatic heterocycles. The number of ether oxygens (including phenoxy) is 1. The number of benzene rings is 1. The van der Waals surface area contributed by atoms with Crippen molar-refractivity contribution < 1.29 is 18.7 Å². The van der Waals surface area contributed by atoms with E-state index in [9.17, 15) is 14.0 Å². The third-order valence-electron chi connectivity index (χ3n) is 4.32. The first-order valence-corrected chi connectivity index (χ1v) is 9.73. The maximum atomic E-state index is 13.9. The van der Waals surface area contributed by atoms with Crippen molar-refractivity contribution in [2.24, 2.45) is 0 Å². The molecular formula is C20H20BrFN4O3. The average Bonchev–Trinajstić information content (AvgIpc) is 2.79. The molecule has 1 unspecified atom stereocenters. The van der Waals surface area contributed by atoms with Gasteiger partial charge in [-0.05, 0) is 38.1 Å². The number of rotatable bonds is 4. The summed E-state index contributed by atoms with van der Waals surface area (Å²) in [7, 11) is 1.69. The van der Waals surface area contributed by atoms with Gasteiger partial charge in [-0.25, -0.2) is 14.2 Å². The van der Waals surface area contributed by atoms with Crippen molar-refractivity contribution in [2.45, 2.75) is 25.9 Å². The largest absolute Gasteiger partial charge is 0.489 e. The zero-order chi connectivity index (χ0) is 21.1. The van der Waals surface area contributed by atoms with Gasteiger partial charge in [0.05, 0.1) is 17.6 Å². The van der Waals surface area contributed by atoms with Crippen LogP contribution in [-0.2, 0) is 4.79 Å². The molecule has 0 aliphatic carbocycles. The van der Waals surface area contributed by atoms with E-state index in [1.807, 2.05) is 31.9 Å². The second-order valence-corrected chi connectivity index (χ2v) is 7.76. The summed E-state index contributed by atoms with van der Waals surface area (Å²) in [6.07, 6.45) is 0.985. The van der Waals surface area contributed by atoms with Crippen molar-refractivity contribution in [1.82, 2.24) is 10.3 Å². The summed E-state index contributed by atoms with van der Waals surface area (Å²) in [4.78, 5) is 29.9. The van der Waals surface area contributed by atoms with Crippen LogP contribution < -0.4 is 20.3 Å². The van der Waals surface area contributed by atoms with E-state index < -0.39 is 17.8 Å². The van der Waals surface area contributed by atoms with Gasteiger partial charge >= 0.3 is 0 Å². The summed E-state index contributed by atoms with van der Waals surface area (Å²) >= 11 is 3.40. The number of pyridine rings is 1. The van der Waals surface area contributed by atoms with E-state index in [1.54, 1.807) is 18.0 Å².